The molecule has 0 aliphatic carbocycles. The van der Waals surface area contributed by atoms with Gasteiger partial charge in [0.1, 0.15) is 12.4 Å². The first-order valence-electron chi connectivity index (χ1n) is 6.67. The zero-order valence-electron chi connectivity index (χ0n) is 11.9. The summed E-state index contributed by atoms with van der Waals surface area (Å²) in [5.41, 5.74) is 9.91. The third kappa shape index (κ3) is 3.88. The molecule has 0 aromatic heterocycles. The molecule has 0 atom stereocenters. The van der Waals surface area contributed by atoms with Gasteiger partial charge >= 0.3 is 0 Å². The Hall–Kier alpha value is -2.24. The number of rotatable bonds is 3. The van der Waals surface area contributed by atoms with Crippen LogP contribution in [0.2, 0.25) is 0 Å². The summed E-state index contributed by atoms with van der Waals surface area (Å²) in [4.78, 5) is 0. The van der Waals surface area contributed by atoms with Crippen LogP contribution in [-0.2, 0) is 6.61 Å². The SMILES string of the molecule is Cc1ccc(COc2ccc(C#CCN)c(C)c2)cc1. The monoisotopic (exact) mass is 265 g/mol. The Bertz CT molecular complexity index is 633. The molecule has 2 nitrogen and oxygen atoms in total. The molecule has 102 valence electrons. The Labute approximate surface area is 120 Å². The fourth-order valence-electron chi connectivity index (χ4n) is 1.86. The number of hydrogen-bond donors (Lipinski definition) is 1. The molecule has 0 fully saturated rings. The van der Waals surface area contributed by atoms with E-state index in [9.17, 15) is 0 Å². The lowest BCUT2D eigenvalue weighted by Crippen LogP contribution is -1.96. The fraction of sp³-hybridized carbons (Fsp3) is 0.222. The van der Waals surface area contributed by atoms with Crippen LogP contribution in [0.4, 0.5) is 0 Å². The summed E-state index contributed by atoms with van der Waals surface area (Å²) in [6.07, 6.45) is 0. The van der Waals surface area contributed by atoms with E-state index in [0.717, 1.165) is 16.9 Å². The molecule has 2 aromatic carbocycles. The molecule has 0 heterocycles. The Morgan fingerprint density at radius 1 is 1.05 bits per heavy atom. The number of nitrogens with two attached hydrogens (primary N) is 1. The summed E-state index contributed by atoms with van der Waals surface area (Å²) in [5, 5.41) is 0. The molecule has 0 amide bonds. The topological polar surface area (TPSA) is 35.2 Å². The molecular formula is C18H19NO. The summed E-state index contributed by atoms with van der Waals surface area (Å²) in [6, 6.07) is 14.3. The second-order valence-electron chi connectivity index (χ2n) is 4.76. The van der Waals surface area contributed by atoms with Crippen molar-refractivity contribution in [2.75, 3.05) is 6.54 Å². The van der Waals surface area contributed by atoms with Gasteiger partial charge in [0.25, 0.3) is 0 Å². The standard InChI is InChI=1S/C18H19NO/c1-14-5-7-16(8-6-14)13-20-18-10-9-17(4-3-11-19)15(2)12-18/h5-10,12H,11,13,19H2,1-2H3. The van der Waals surface area contributed by atoms with Gasteiger partial charge in [-0.1, -0.05) is 41.7 Å². The van der Waals surface area contributed by atoms with Crippen molar-refractivity contribution >= 4 is 0 Å². The van der Waals surface area contributed by atoms with Gasteiger partial charge in [-0.05, 0) is 43.2 Å². The van der Waals surface area contributed by atoms with Crippen LogP contribution in [0.5, 0.6) is 5.75 Å². The van der Waals surface area contributed by atoms with Crippen molar-refractivity contribution in [2.45, 2.75) is 20.5 Å². The molecule has 2 N–H and O–H groups in total. The number of hydrogen-bond acceptors (Lipinski definition) is 2. The maximum atomic E-state index is 5.80. The van der Waals surface area contributed by atoms with E-state index >= 15 is 0 Å². The second-order valence-corrected chi connectivity index (χ2v) is 4.76. The van der Waals surface area contributed by atoms with Crippen molar-refractivity contribution in [3.05, 3.63) is 64.7 Å². The molecular weight excluding hydrogens is 246 g/mol. The molecule has 20 heavy (non-hydrogen) atoms. The van der Waals surface area contributed by atoms with Crippen LogP contribution in [0, 0.1) is 25.7 Å². The van der Waals surface area contributed by atoms with Crippen molar-refractivity contribution < 1.29 is 4.74 Å². The minimum atomic E-state index is 0.380. The molecule has 2 heteroatoms. The number of aryl methyl sites for hydroxylation is 2. The quantitative estimate of drug-likeness (QED) is 0.865. The van der Waals surface area contributed by atoms with Crippen molar-refractivity contribution in [3.63, 3.8) is 0 Å². The van der Waals surface area contributed by atoms with E-state index in [1.54, 1.807) is 0 Å². The Kier molecular flexibility index (Phi) is 4.81. The minimum absolute atomic E-state index is 0.380. The van der Waals surface area contributed by atoms with E-state index in [4.69, 9.17) is 10.5 Å². The number of benzene rings is 2. The van der Waals surface area contributed by atoms with E-state index < -0.39 is 0 Å². The molecule has 0 unspecified atom stereocenters. The van der Waals surface area contributed by atoms with Gasteiger partial charge in [-0.15, -0.1) is 0 Å². The Balaban J connectivity index is 2.03. The van der Waals surface area contributed by atoms with E-state index in [-0.39, 0.29) is 0 Å². The van der Waals surface area contributed by atoms with Crippen molar-refractivity contribution in [3.8, 4) is 17.6 Å². The summed E-state index contributed by atoms with van der Waals surface area (Å²) in [5.74, 6) is 6.78. The van der Waals surface area contributed by atoms with E-state index in [1.807, 2.05) is 25.1 Å². The minimum Gasteiger partial charge on any atom is -0.489 e. The third-order valence-electron chi connectivity index (χ3n) is 3.05. The lowest BCUT2D eigenvalue weighted by molar-refractivity contribution is 0.306. The van der Waals surface area contributed by atoms with Crippen LogP contribution < -0.4 is 10.5 Å². The predicted molar refractivity (Wildman–Crippen MR) is 82.6 cm³/mol. The molecule has 0 aliphatic rings. The molecule has 0 bridgehead atoms. The first-order chi connectivity index (χ1) is 9.69. The first kappa shape index (κ1) is 14.2. The summed E-state index contributed by atoms with van der Waals surface area (Å²) < 4.78 is 5.80. The van der Waals surface area contributed by atoms with Gasteiger partial charge in [0, 0.05) is 5.56 Å². The third-order valence-corrected chi connectivity index (χ3v) is 3.05. The molecule has 0 saturated carbocycles. The predicted octanol–water partition coefficient (Wildman–Crippen LogP) is 3.19. The fourth-order valence-corrected chi connectivity index (χ4v) is 1.86. The van der Waals surface area contributed by atoms with Crippen LogP contribution in [-0.4, -0.2) is 6.54 Å². The van der Waals surface area contributed by atoms with Gasteiger partial charge in [-0.3, -0.25) is 0 Å². The lowest BCUT2D eigenvalue weighted by Gasteiger charge is -2.08. The zero-order valence-corrected chi connectivity index (χ0v) is 11.9. The van der Waals surface area contributed by atoms with Gasteiger partial charge in [0.05, 0.1) is 6.54 Å². The maximum absolute atomic E-state index is 5.80. The molecule has 2 rings (SSSR count). The van der Waals surface area contributed by atoms with E-state index in [1.165, 1.54) is 11.1 Å². The van der Waals surface area contributed by atoms with Crippen LogP contribution in [0.1, 0.15) is 22.3 Å². The van der Waals surface area contributed by atoms with Gasteiger partial charge < -0.3 is 10.5 Å². The lowest BCUT2D eigenvalue weighted by atomic mass is 10.1. The maximum Gasteiger partial charge on any atom is 0.120 e. The van der Waals surface area contributed by atoms with Gasteiger partial charge in [0.15, 0.2) is 0 Å². The largest absolute Gasteiger partial charge is 0.489 e. The summed E-state index contributed by atoms with van der Waals surface area (Å²) >= 11 is 0. The zero-order chi connectivity index (χ0) is 14.4. The highest BCUT2D eigenvalue weighted by atomic mass is 16.5. The van der Waals surface area contributed by atoms with Gasteiger partial charge in [0.2, 0.25) is 0 Å². The Morgan fingerprint density at radius 3 is 2.45 bits per heavy atom. The second kappa shape index (κ2) is 6.79. The van der Waals surface area contributed by atoms with Crippen molar-refractivity contribution in [1.29, 1.82) is 0 Å². The first-order valence-corrected chi connectivity index (χ1v) is 6.67. The highest BCUT2D eigenvalue weighted by molar-refractivity contribution is 5.44. The molecule has 0 saturated heterocycles. The molecule has 0 spiro atoms. The van der Waals surface area contributed by atoms with Gasteiger partial charge in [-0.25, -0.2) is 0 Å². The highest BCUT2D eigenvalue weighted by Gasteiger charge is 2.00. The van der Waals surface area contributed by atoms with E-state index in [0.29, 0.717) is 13.2 Å². The van der Waals surface area contributed by atoms with Crippen LogP contribution >= 0.6 is 0 Å². The highest BCUT2D eigenvalue weighted by Crippen LogP contribution is 2.18. The molecule has 0 radical (unpaired) electrons. The number of ether oxygens (including phenoxy) is 1. The van der Waals surface area contributed by atoms with Crippen LogP contribution in [0.25, 0.3) is 0 Å². The summed E-state index contributed by atoms with van der Waals surface area (Å²) in [6.45, 7) is 5.06. The molecule has 2 aromatic rings. The molecule has 0 aliphatic heterocycles. The Morgan fingerprint density at radius 2 is 1.80 bits per heavy atom. The summed E-state index contributed by atoms with van der Waals surface area (Å²) in [7, 11) is 0. The van der Waals surface area contributed by atoms with Crippen LogP contribution in [0.3, 0.4) is 0 Å². The van der Waals surface area contributed by atoms with Crippen molar-refractivity contribution in [1.82, 2.24) is 0 Å². The smallest absolute Gasteiger partial charge is 0.120 e. The van der Waals surface area contributed by atoms with Crippen LogP contribution in [0.15, 0.2) is 42.5 Å². The van der Waals surface area contributed by atoms with E-state index in [2.05, 4.69) is 43.0 Å². The van der Waals surface area contributed by atoms with Crippen molar-refractivity contribution in [2.24, 2.45) is 5.73 Å². The average Bonchev–Trinajstić information content (AvgIpc) is 2.46. The normalized spacial score (nSPS) is 9.75. The average molecular weight is 265 g/mol. The van der Waals surface area contributed by atoms with Gasteiger partial charge in [-0.2, -0.15) is 0 Å².